The number of anilines is 1. The Labute approximate surface area is 140 Å². The number of rotatable bonds is 4. The minimum Gasteiger partial charge on any atom is -0.375 e. The van der Waals surface area contributed by atoms with Crippen molar-refractivity contribution in [1.82, 2.24) is 15.0 Å². The summed E-state index contributed by atoms with van der Waals surface area (Å²) >= 11 is 0. The molecule has 1 atom stereocenters. The van der Waals surface area contributed by atoms with Gasteiger partial charge in [0.05, 0.1) is 11.6 Å². The Morgan fingerprint density at radius 2 is 2.25 bits per heavy atom. The van der Waals surface area contributed by atoms with Crippen LogP contribution in [0.15, 0.2) is 22.7 Å². The molecule has 1 unspecified atom stereocenters. The Hall–Kier alpha value is -2.44. The van der Waals surface area contributed by atoms with Crippen molar-refractivity contribution in [1.29, 1.82) is 0 Å². The van der Waals surface area contributed by atoms with Crippen LogP contribution < -0.4 is 4.90 Å². The van der Waals surface area contributed by atoms with Gasteiger partial charge in [-0.2, -0.15) is 4.98 Å². The minimum absolute atomic E-state index is 0.0487. The predicted molar refractivity (Wildman–Crippen MR) is 88.2 cm³/mol. The summed E-state index contributed by atoms with van der Waals surface area (Å²) in [6.45, 7) is 3.16. The van der Waals surface area contributed by atoms with Gasteiger partial charge in [-0.1, -0.05) is 12.1 Å². The summed E-state index contributed by atoms with van der Waals surface area (Å²) < 4.78 is 19.5. The predicted octanol–water partition coefficient (Wildman–Crippen LogP) is 2.67. The van der Waals surface area contributed by atoms with Gasteiger partial charge in [0.1, 0.15) is 5.82 Å². The van der Waals surface area contributed by atoms with E-state index in [9.17, 15) is 9.18 Å². The Bertz CT molecular complexity index is 744. The SMILES string of the molecule is CCC(=O)N1CCC(c2nc(-c3ccc(N(C)C)c(F)c3)no2)C1. The molecule has 2 heterocycles. The maximum atomic E-state index is 14.1. The Kier molecular flexibility index (Phi) is 4.51. The van der Waals surface area contributed by atoms with E-state index < -0.39 is 0 Å². The highest BCUT2D eigenvalue weighted by Crippen LogP contribution is 2.29. The van der Waals surface area contributed by atoms with Crippen LogP contribution in [0.5, 0.6) is 0 Å². The summed E-state index contributed by atoms with van der Waals surface area (Å²) in [5.74, 6) is 0.735. The Balaban J connectivity index is 1.77. The van der Waals surface area contributed by atoms with Gasteiger partial charge < -0.3 is 14.3 Å². The molecular weight excluding hydrogens is 311 g/mol. The first-order valence-electron chi connectivity index (χ1n) is 8.08. The van der Waals surface area contributed by atoms with Gasteiger partial charge in [-0.3, -0.25) is 4.79 Å². The number of amides is 1. The summed E-state index contributed by atoms with van der Waals surface area (Å²) in [6.07, 6.45) is 1.31. The molecule has 0 radical (unpaired) electrons. The maximum Gasteiger partial charge on any atom is 0.231 e. The van der Waals surface area contributed by atoms with E-state index in [0.29, 0.717) is 42.5 Å². The van der Waals surface area contributed by atoms with Gasteiger partial charge in [0.25, 0.3) is 0 Å². The number of aromatic nitrogens is 2. The van der Waals surface area contributed by atoms with Crippen LogP contribution in [0.2, 0.25) is 0 Å². The molecule has 7 heteroatoms. The van der Waals surface area contributed by atoms with Gasteiger partial charge in [0.15, 0.2) is 0 Å². The number of halogens is 1. The molecular formula is C17H21FN4O2. The van der Waals surface area contributed by atoms with Crippen molar-refractivity contribution in [3.63, 3.8) is 0 Å². The standard InChI is InChI=1S/C17H21FN4O2/c1-4-15(23)22-8-7-12(10-22)17-19-16(20-24-17)11-5-6-14(21(2)3)13(18)9-11/h5-6,9,12H,4,7-8,10H2,1-3H3. The largest absolute Gasteiger partial charge is 0.375 e. The Morgan fingerprint density at radius 3 is 2.92 bits per heavy atom. The second-order valence-electron chi connectivity index (χ2n) is 6.20. The fourth-order valence-corrected chi connectivity index (χ4v) is 2.94. The van der Waals surface area contributed by atoms with Crippen molar-refractivity contribution in [2.75, 3.05) is 32.1 Å². The first-order valence-corrected chi connectivity index (χ1v) is 8.08. The van der Waals surface area contributed by atoms with Gasteiger partial charge in [-0.15, -0.1) is 0 Å². The lowest BCUT2D eigenvalue weighted by Crippen LogP contribution is -2.27. The van der Waals surface area contributed by atoms with E-state index in [1.54, 1.807) is 31.1 Å². The molecule has 1 aliphatic rings. The molecule has 6 nitrogen and oxygen atoms in total. The number of benzene rings is 1. The Morgan fingerprint density at radius 1 is 1.46 bits per heavy atom. The van der Waals surface area contributed by atoms with Gasteiger partial charge in [-0.25, -0.2) is 4.39 Å². The quantitative estimate of drug-likeness (QED) is 0.861. The first-order chi connectivity index (χ1) is 11.5. The first kappa shape index (κ1) is 16.4. The molecule has 1 aliphatic heterocycles. The van der Waals surface area contributed by atoms with Gasteiger partial charge >= 0.3 is 0 Å². The van der Waals surface area contributed by atoms with Crippen molar-refractivity contribution >= 4 is 11.6 Å². The molecule has 0 spiro atoms. The molecule has 2 aromatic rings. The lowest BCUT2D eigenvalue weighted by atomic mass is 10.1. The molecule has 1 saturated heterocycles. The zero-order valence-electron chi connectivity index (χ0n) is 14.1. The van der Waals surface area contributed by atoms with Crippen molar-refractivity contribution in [3.05, 3.63) is 29.9 Å². The third kappa shape index (κ3) is 3.11. The van der Waals surface area contributed by atoms with E-state index in [1.165, 1.54) is 6.07 Å². The molecule has 0 N–H and O–H groups in total. The number of hydrogen-bond acceptors (Lipinski definition) is 5. The number of carbonyl (C=O) groups excluding carboxylic acids is 1. The normalized spacial score (nSPS) is 17.3. The highest BCUT2D eigenvalue weighted by atomic mass is 19.1. The fourth-order valence-electron chi connectivity index (χ4n) is 2.94. The highest BCUT2D eigenvalue weighted by Gasteiger charge is 2.30. The molecule has 1 amide bonds. The molecule has 1 aromatic carbocycles. The van der Waals surface area contributed by atoms with Crippen LogP contribution in [0.25, 0.3) is 11.4 Å². The van der Waals surface area contributed by atoms with E-state index in [4.69, 9.17) is 4.52 Å². The van der Waals surface area contributed by atoms with Gasteiger partial charge in [-0.05, 0) is 24.6 Å². The molecule has 0 saturated carbocycles. The van der Waals surface area contributed by atoms with Crippen LogP contribution in [-0.4, -0.2) is 48.1 Å². The minimum atomic E-state index is -0.329. The molecule has 3 rings (SSSR count). The molecule has 0 aliphatic carbocycles. The second kappa shape index (κ2) is 6.59. The summed E-state index contributed by atoms with van der Waals surface area (Å²) in [7, 11) is 3.57. The van der Waals surface area contributed by atoms with Crippen LogP contribution in [0.3, 0.4) is 0 Å². The molecule has 24 heavy (non-hydrogen) atoms. The van der Waals surface area contributed by atoms with Crippen LogP contribution in [-0.2, 0) is 4.79 Å². The molecule has 128 valence electrons. The van der Waals surface area contributed by atoms with E-state index >= 15 is 0 Å². The summed E-state index contributed by atoms with van der Waals surface area (Å²) in [4.78, 5) is 19.7. The van der Waals surface area contributed by atoms with Gasteiger partial charge in [0.2, 0.25) is 17.6 Å². The van der Waals surface area contributed by atoms with Crippen LogP contribution in [0, 0.1) is 5.82 Å². The maximum absolute atomic E-state index is 14.1. The topological polar surface area (TPSA) is 62.5 Å². The third-order valence-electron chi connectivity index (χ3n) is 4.32. The monoisotopic (exact) mass is 332 g/mol. The molecule has 1 aromatic heterocycles. The van der Waals surface area contributed by atoms with E-state index in [0.717, 1.165) is 6.42 Å². The lowest BCUT2D eigenvalue weighted by molar-refractivity contribution is -0.129. The molecule has 1 fully saturated rings. The van der Waals surface area contributed by atoms with E-state index in [2.05, 4.69) is 10.1 Å². The van der Waals surface area contributed by atoms with Crippen LogP contribution in [0.4, 0.5) is 10.1 Å². The van der Waals surface area contributed by atoms with Crippen LogP contribution in [0.1, 0.15) is 31.6 Å². The number of hydrogen-bond donors (Lipinski definition) is 0. The number of carbonyl (C=O) groups is 1. The van der Waals surface area contributed by atoms with E-state index in [-0.39, 0.29) is 17.6 Å². The average Bonchev–Trinajstić information content (AvgIpc) is 3.22. The zero-order valence-corrected chi connectivity index (χ0v) is 14.1. The smallest absolute Gasteiger partial charge is 0.231 e. The van der Waals surface area contributed by atoms with Gasteiger partial charge in [0, 0.05) is 39.2 Å². The van der Waals surface area contributed by atoms with Crippen LogP contribution >= 0.6 is 0 Å². The highest BCUT2D eigenvalue weighted by molar-refractivity contribution is 5.76. The zero-order chi connectivity index (χ0) is 17.3. The summed E-state index contributed by atoms with van der Waals surface area (Å²) in [5.41, 5.74) is 1.08. The molecule has 0 bridgehead atoms. The van der Waals surface area contributed by atoms with Crippen molar-refractivity contribution in [2.24, 2.45) is 0 Å². The average molecular weight is 332 g/mol. The number of nitrogens with zero attached hydrogens (tertiary/aromatic N) is 4. The van der Waals surface area contributed by atoms with Crippen molar-refractivity contribution < 1.29 is 13.7 Å². The van der Waals surface area contributed by atoms with Crippen molar-refractivity contribution in [2.45, 2.75) is 25.7 Å². The summed E-state index contributed by atoms with van der Waals surface area (Å²) in [5, 5.41) is 3.97. The number of likely N-dealkylation sites (tertiary alicyclic amines) is 1. The van der Waals surface area contributed by atoms with E-state index in [1.807, 2.05) is 11.8 Å². The second-order valence-corrected chi connectivity index (χ2v) is 6.20. The lowest BCUT2D eigenvalue weighted by Gasteiger charge is -2.14. The fraction of sp³-hybridized carbons (Fsp3) is 0.471. The summed E-state index contributed by atoms with van der Waals surface area (Å²) in [6, 6.07) is 4.87. The third-order valence-corrected chi connectivity index (χ3v) is 4.32. The van der Waals surface area contributed by atoms with Crippen molar-refractivity contribution in [3.8, 4) is 11.4 Å².